The van der Waals surface area contributed by atoms with Crippen molar-refractivity contribution in [2.75, 3.05) is 0 Å². The summed E-state index contributed by atoms with van der Waals surface area (Å²) in [6.07, 6.45) is 3.65. The number of aryl methyl sites for hydroxylation is 1. The van der Waals surface area contributed by atoms with Crippen molar-refractivity contribution in [2.45, 2.75) is 26.2 Å². The molecule has 0 nitrogen and oxygen atoms in total. The topological polar surface area (TPSA) is 0 Å². The van der Waals surface area contributed by atoms with Gasteiger partial charge in [0.15, 0.2) is 0 Å². The van der Waals surface area contributed by atoms with E-state index in [4.69, 9.17) is 0 Å². The molecule has 0 radical (unpaired) electrons. The van der Waals surface area contributed by atoms with Crippen LogP contribution in [0.2, 0.25) is 0 Å². The van der Waals surface area contributed by atoms with Gasteiger partial charge in [-0.3, -0.25) is 0 Å². The molecule has 0 aromatic heterocycles. The Morgan fingerprint density at radius 2 is 1.50 bits per heavy atom. The molecule has 0 spiro atoms. The Balaban J connectivity index is 0.00000113. The first-order valence-electron chi connectivity index (χ1n) is 8.52. The number of halogens is 2. The first kappa shape index (κ1) is 22.9. The van der Waals surface area contributed by atoms with Gasteiger partial charge in [-0.25, -0.2) is 0 Å². The molecule has 4 rings (SSSR count). The van der Waals surface area contributed by atoms with Crippen molar-refractivity contribution in [2.24, 2.45) is 0 Å². The van der Waals surface area contributed by atoms with E-state index in [-0.39, 0.29) is 46.5 Å². The fraction of sp³-hybridized carbons (Fsp3) is 0.174. The SMILES string of the molecule is CCCCc1cc(-c2cc3ccccc3[cH-]2)c2ccccc2c1.Cl.Cl.[Ti]. The van der Waals surface area contributed by atoms with Gasteiger partial charge in [0.1, 0.15) is 0 Å². The van der Waals surface area contributed by atoms with Crippen molar-refractivity contribution in [3.63, 3.8) is 0 Å². The second-order valence-corrected chi connectivity index (χ2v) is 6.34. The van der Waals surface area contributed by atoms with Crippen molar-refractivity contribution < 1.29 is 21.7 Å². The van der Waals surface area contributed by atoms with Gasteiger partial charge in [-0.2, -0.15) is 0 Å². The minimum Gasteiger partial charge on any atom is -0.147 e. The van der Waals surface area contributed by atoms with Crippen LogP contribution in [0.25, 0.3) is 32.7 Å². The van der Waals surface area contributed by atoms with E-state index in [0.717, 1.165) is 6.42 Å². The molecule has 4 aromatic carbocycles. The van der Waals surface area contributed by atoms with E-state index < -0.39 is 0 Å². The van der Waals surface area contributed by atoms with Crippen LogP contribution in [0.5, 0.6) is 0 Å². The molecule has 0 saturated carbocycles. The summed E-state index contributed by atoms with van der Waals surface area (Å²) in [6, 6.07) is 26.8. The fourth-order valence-electron chi connectivity index (χ4n) is 3.44. The minimum atomic E-state index is 0. The third-order valence-corrected chi connectivity index (χ3v) is 4.67. The molecule has 0 fully saturated rings. The standard InChI is InChI=1S/C23H21.2ClH.Ti/c1-2-3-8-17-13-20-11-6-7-12-22(20)23(14-17)21-15-18-9-4-5-10-19(18)16-21;;;/h4-7,9-16H,2-3,8H2,1H3;2*1H;/q-1;;;. The van der Waals surface area contributed by atoms with E-state index in [1.807, 2.05) is 0 Å². The number of unbranched alkanes of at least 4 members (excludes halogenated alkanes) is 1. The number of hydrogen-bond donors (Lipinski definition) is 0. The Morgan fingerprint density at radius 3 is 2.23 bits per heavy atom. The molecule has 134 valence electrons. The van der Waals surface area contributed by atoms with Gasteiger partial charge in [-0.05, 0) is 23.6 Å². The maximum absolute atomic E-state index is 2.40. The van der Waals surface area contributed by atoms with Crippen molar-refractivity contribution in [1.29, 1.82) is 0 Å². The van der Waals surface area contributed by atoms with Crippen LogP contribution in [-0.4, -0.2) is 0 Å². The molecule has 0 aliphatic rings. The maximum atomic E-state index is 2.40. The minimum absolute atomic E-state index is 0. The largest absolute Gasteiger partial charge is 0.147 e. The van der Waals surface area contributed by atoms with Crippen LogP contribution in [-0.2, 0) is 28.1 Å². The average molecular weight is 418 g/mol. The van der Waals surface area contributed by atoms with Crippen LogP contribution in [0.3, 0.4) is 0 Å². The van der Waals surface area contributed by atoms with Gasteiger partial charge in [0.25, 0.3) is 0 Å². The zero-order chi connectivity index (χ0) is 15.6. The quantitative estimate of drug-likeness (QED) is 0.237. The summed E-state index contributed by atoms with van der Waals surface area (Å²) in [5.41, 5.74) is 4.15. The van der Waals surface area contributed by atoms with Crippen molar-refractivity contribution in [1.82, 2.24) is 0 Å². The molecule has 3 heteroatoms. The first-order valence-corrected chi connectivity index (χ1v) is 8.52. The van der Waals surface area contributed by atoms with Crippen LogP contribution in [0.1, 0.15) is 25.3 Å². The molecule has 4 aromatic rings. The Hall–Kier alpha value is -1.18. The Kier molecular flexibility index (Phi) is 9.00. The third-order valence-electron chi connectivity index (χ3n) is 4.67. The molecule has 0 aliphatic carbocycles. The van der Waals surface area contributed by atoms with Crippen LogP contribution in [0, 0.1) is 0 Å². The van der Waals surface area contributed by atoms with Crippen molar-refractivity contribution in [3.8, 4) is 11.1 Å². The summed E-state index contributed by atoms with van der Waals surface area (Å²) in [4.78, 5) is 0. The van der Waals surface area contributed by atoms with E-state index in [2.05, 4.69) is 79.7 Å². The van der Waals surface area contributed by atoms with Crippen molar-refractivity contribution >= 4 is 46.4 Å². The Morgan fingerprint density at radius 1 is 0.808 bits per heavy atom. The van der Waals surface area contributed by atoms with Crippen LogP contribution < -0.4 is 0 Å². The molecule has 0 unspecified atom stereocenters. The van der Waals surface area contributed by atoms with Gasteiger partial charge in [-0.15, -0.1) is 59.3 Å². The Bertz CT molecular complexity index is 939. The van der Waals surface area contributed by atoms with Gasteiger partial charge < -0.3 is 0 Å². The van der Waals surface area contributed by atoms with E-state index in [1.54, 1.807) is 0 Å². The monoisotopic (exact) mass is 417 g/mol. The fourth-order valence-corrected chi connectivity index (χ4v) is 3.44. The molecule has 26 heavy (non-hydrogen) atoms. The van der Waals surface area contributed by atoms with E-state index >= 15 is 0 Å². The summed E-state index contributed by atoms with van der Waals surface area (Å²) < 4.78 is 0. The molecule has 0 bridgehead atoms. The molecule has 0 amide bonds. The number of rotatable bonds is 4. The summed E-state index contributed by atoms with van der Waals surface area (Å²) in [5.74, 6) is 0. The summed E-state index contributed by atoms with van der Waals surface area (Å²) in [7, 11) is 0. The average Bonchev–Trinajstić information content (AvgIpc) is 3.03. The second-order valence-electron chi connectivity index (χ2n) is 6.34. The molecule has 0 heterocycles. The molecule has 0 saturated heterocycles. The summed E-state index contributed by atoms with van der Waals surface area (Å²) >= 11 is 0. The molecular weight excluding hydrogens is 395 g/mol. The molecule has 0 N–H and O–H groups in total. The summed E-state index contributed by atoms with van der Waals surface area (Å²) in [5, 5.41) is 5.35. The number of hydrogen-bond acceptors (Lipinski definition) is 0. The van der Waals surface area contributed by atoms with Crippen molar-refractivity contribution in [3.05, 3.63) is 78.4 Å². The summed E-state index contributed by atoms with van der Waals surface area (Å²) in [6.45, 7) is 2.26. The van der Waals surface area contributed by atoms with Crippen LogP contribution in [0.15, 0.2) is 72.8 Å². The zero-order valence-electron chi connectivity index (χ0n) is 14.9. The second kappa shape index (κ2) is 10.2. The predicted molar refractivity (Wildman–Crippen MR) is 116 cm³/mol. The Labute approximate surface area is 183 Å². The zero-order valence-corrected chi connectivity index (χ0v) is 18.1. The van der Waals surface area contributed by atoms with E-state index in [0.29, 0.717) is 0 Å². The molecule has 0 aliphatic heterocycles. The van der Waals surface area contributed by atoms with Crippen LogP contribution >= 0.6 is 24.8 Å². The van der Waals surface area contributed by atoms with Gasteiger partial charge >= 0.3 is 0 Å². The number of fused-ring (bicyclic) bond motifs is 2. The van der Waals surface area contributed by atoms with Gasteiger partial charge in [0.2, 0.25) is 0 Å². The maximum Gasteiger partial charge on any atom is 0 e. The third kappa shape index (κ3) is 4.56. The molecule has 0 atom stereocenters. The predicted octanol–water partition coefficient (Wildman–Crippen LogP) is 7.56. The van der Waals surface area contributed by atoms with Gasteiger partial charge in [-0.1, -0.05) is 79.1 Å². The molecular formula is C23H23Cl2Ti-. The van der Waals surface area contributed by atoms with Gasteiger partial charge in [0.05, 0.1) is 0 Å². The number of benzene rings is 3. The van der Waals surface area contributed by atoms with Gasteiger partial charge in [0, 0.05) is 21.7 Å². The van der Waals surface area contributed by atoms with E-state index in [9.17, 15) is 0 Å². The van der Waals surface area contributed by atoms with E-state index in [1.165, 1.54) is 51.1 Å². The normalized spacial score (nSPS) is 10.0. The smallest absolute Gasteiger partial charge is 0 e. The van der Waals surface area contributed by atoms with Crippen LogP contribution in [0.4, 0.5) is 0 Å². The first-order chi connectivity index (χ1) is 11.3.